The Hall–Kier alpha value is -1.33. The lowest BCUT2D eigenvalue weighted by Gasteiger charge is -2.15. The first-order chi connectivity index (χ1) is 8.29. The van der Waals surface area contributed by atoms with Crippen LogP contribution in [-0.2, 0) is 6.54 Å². The molecule has 1 saturated carbocycles. The average molecular weight is 228 g/mol. The molecule has 0 aromatic heterocycles. The highest BCUT2D eigenvalue weighted by molar-refractivity contribution is 5.31. The normalized spacial score (nSPS) is 23.5. The van der Waals surface area contributed by atoms with Gasteiger partial charge in [0.1, 0.15) is 0 Å². The molecule has 1 aromatic carbocycles. The quantitative estimate of drug-likeness (QED) is 0.859. The Bertz CT molecular complexity index is 388. The van der Waals surface area contributed by atoms with E-state index in [1.165, 1.54) is 24.8 Å². The molecule has 0 aliphatic heterocycles. The Kier molecular flexibility index (Phi) is 4.17. The molecule has 2 atom stereocenters. The van der Waals surface area contributed by atoms with Crippen LogP contribution in [0, 0.1) is 23.2 Å². The van der Waals surface area contributed by atoms with E-state index >= 15 is 0 Å². The van der Waals surface area contributed by atoms with Crippen molar-refractivity contribution in [3.8, 4) is 6.07 Å². The second-order valence-corrected chi connectivity index (χ2v) is 5.11. The molecule has 2 rings (SSSR count). The summed E-state index contributed by atoms with van der Waals surface area (Å²) >= 11 is 0. The summed E-state index contributed by atoms with van der Waals surface area (Å²) in [5.41, 5.74) is 1.99. The van der Waals surface area contributed by atoms with Crippen LogP contribution in [0.15, 0.2) is 24.3 Å². The van der Waals surface area contributed by atoms with Crippen molar-refractivity contribution in [1.29, 1.82) is 5.26 Å². The molecule has 2 unspecified atom stereocenters. The zero-order valence-corrected chi connectivity index (χ0v) is 10.4. The number of rotatable bonds is 4. The lowest BCUT2D eigenvalue weighted by Crippen LogP contribution is -2.23. The lowest BCUT2D eigenvalue weighted by atomic mass is 9.98. The highest BCUT2D eigenvalue weighted by atomic mass is 14.9. The molecular formula is C15H20N2. The van der Waals surface area contributed by atoms with Crippen LogP contribution in [0.3, 0.4) is 0 Å². The van der Waals surface area contributed by atoms with Gasteiger partial charge in [-0.25, -0.2) is 0 Å². The van der Waals surface area contributed by atoms with E-state index in [4.69, 9.17) is 5.26 Å². The monoisotopic (exact) mass is 228 g/mol. The predicted octanol–water partition coefficient (Wildman–Crippen LogP) is 3.08. The minimum absolute atomic E-state index is 0.734. The number of benzene rings is 1. The van der Waals surface area contributed by atoms with Crippen molar-refractivity contribution in [1.82, 2.24) is 5.32 Å². The second kappa shape index (κ2) is 5.84. The molecular weight excluding hydrogens is 208 g/mol. The molecule has 90 valence electrons. The van der Waals surface area contributed by atoms with Crippen molar-refractivity contribution in [3.63, 3.8) is 0 Å². The van der Waals surface area contributed by atoms with E-state index < -0.39 is 0 Å². The van der Waals surface area contributed by atoms with Crippen molar-refractivity contribution in [2.24, 2.45) is 11.8 Å². The number of hydrogen-bond donors (Lipinski definition) is 1. The van der Waals surface area contributed by atoms with Crippen molar-refractivity contribution in [3.05, 3.63) is 35.4 Å². The molecule has 0 heterocycles. The first kappa shape index (κ1) is 12.1. The van der Waals surface area contributed by atoms with Crippen molar-refractivity contribution in [2.75, 3.05) is 6.54 Å². The van der Waals surface area contributed by atoms with Gasteiger partial charge < -0.3 is 5.32 Å². The van der Waals surface area contributed by atoms with Gasteiger partial charge in [-0.1, -0.05) is 31.9 Å². The summed E-state index contributed by atoms with van der Waals surface area (Å²) in [6.45, 7) is 4.40. The smallest absolute Gasteiger partial charge is 0.0991 e. The molecule has 0 amide bonds. The van der Waals surface area contributed by atoms with Crippen molar-refractivity contribution < 1.29 is 0 Å². The first-order valence-electron chi connectivity index (χ1n) is 6.49. The van der Waals surface area contributed by atoms with Gasteiger partial charge in [0.05, 0.1) is 11.6 Å². The van der Waals surface area contributed by atoms with Gasteiger partial charge in [-0.3, -0.25) is 0 Å². The SMILES string of the molecule is CC1CCCC1CNCc1ccc(C#N)cc1. The third-order valence-corrected chi connectivity index (χ3v) is 3.86. The fourth-order valence-electron chi connectivity index (χ4n) is 2.62. The van der Waals surface area contributed by atoms with E-state index in [0.29, 0.717) is 0 Å². The molecule has 0 bridgehead atoms. The molecule has 0 radical (unpaired) electrons. The summed E-state index contributed by atoms with van der Waals surface area (Å²) in [5.74, 6) is 1.73. The number of nitriles is 1. The molecule has 0 spiro atoms. The van der Waals surface area contributed by atoms with E-state index in [1.54, 1.807) is 0 Å². The van der Waals surface area contributed by atoms with Crippen LogP contribution in [0.1, 0.15) is 37.3 Å². The van der Waals surface area contributed by atoms with Gasteiger partial charge in [0.25, 0.3) is 0 Å². The molecule has 1 fully saturated rings. The van der Waals surface area contributed by atoms with Gasteiger partial charge in [0, 0.05) is 6.54 Å². The molecule has 17 heavy (non-hydrogen) atoms. The number of hydrogen-bond acceptors (Lipinski definition) is 2. The molecule has 2 nitrogen and oxygen atoms in total. The van der Waals surface area contributed by atoms with Crippen LogP contribution >= 0.6 is 0 Å². The molecule has 1 aliphatic carbocycles. The zero-order valence-electron chi connectivity index (χ0n) is 10.4. The molecule has 1 aromatic rings. The largest absolute Gasteiger partial charge is 0.312 e. The summed E-state index contributed by atoms with van der Waals surface area (Å²) in [6, 6.07) is 9.97. The summed E-state index contributed by atoms with van der Waals surface area (Å²) in [7, 11) is 0. The fraction of sp³-hybridized carbons (Fsp3) is 0.533. The zero-order chi connectivity index (χ0) is 12.1. The molecule has 2 heteroatoms. The number of nitrogens with zero attached hydrogens (tertiary/aromatic N) is 1. The van der Waals surface area contributed by atoms with E-state index in [1.807, 2.05) is 24.3 Å². The van der Waals surface area contributed by atoms with E-state index in [2.05, 4.69) is 18.3 Å². The fourth-order valence-corrected chi connectivity index (χ4v) is 2.62. The predicted molar refractivity (Wildman–Crippen MR) is 69.4 cm³/mol. The summed E-state index contributed by atoms with van der Waals surface area (Å²) in [4.78, 5) is 0. The Balaban J connectivity index is 1.76. The molecule has 0 saturated heterocycles. The number of nitrogens with one attached hydrogen (secondary N) is 1. The second-order valence-electron chi connectivity index (χ2n) is 5.11. The summed E-state index contributed by atoms with van der Waals surface area (Å²) in [6.07, 6.45) is 4.16. The highest BCUT2D eigenvalue weighted by Crippen LogP contribution is 2.30. The summed E-state index contributed by atoms with van der Waals surface area (Å²) < 4.78 is 0. The van der Waals surface area contributed by atoms with Crippen LogP contribution < -0.4 is 5.32 Å². The van der Waals surface area contributed by atoms with Crippen LogP contribution in [0.25, 0.3) is 0 Å². The van der Waals surface area contributed by atoms with Gasteiger partial charge >= 0.3 is 0 Å². The van der Waals surface area contributed by atoms with E-state index in [-0.39, 0.29) is 0 Å². The third-order valence-electron chi connectivity index (χ3n) is 3.86. The van der Waals surface area contributed by atoms with E-state index in [9.17, 15) is 0 Å². The maximum absolute atomic E-state index is 8.71. The van der Waals surface area contributed by atoms with Crippen molar-refractivity contribution >= 4 is 0 Å². The average Bonchev–Trinajstić information content (AvgIpc) is 2.76. The van der Waals surface area contributed by atoms with Crippen LogP contribution in [0.2, 0.25) is 0 Å². The molecule has 1 aliphatic rings. The van der Waals surface area contributed by atoms with Gasteiger partial charge in [0.15, 0.2) is 0 Å². The highest BCUT2D eigenvalue weighted by Gasteiger charge is 2.22. The Morgan fingerprint density at radius 2 is 2.06 bits per heavy atom. The Morgan fingerprint density at radius 1 is 1.29 bits per heavy atom. The summed E-state index contributed by atoms with van der Waals surface area (Å²) in [5, 5.41) is 12.2. The first-order valence-corrected chi connectivity index (χ1v) is 6.49. The maximum atomic E-state index is 8.71. The van der Waals surface area contributed by atoms with Crippen LogP contribution in [0.5, 0.6) is 0 Å². The van der Waals surface area contributed by atoms with Gasteiger partial charge in [-0.05, 0) is 42.5 Å². The Morgan fingerprint density at radius 3 is 2.65 bits per heavy atom. The topological polar surface area (TPSA) is 35.8 Å². The Labute approximate surface area is 104 Å². The standard InChI is InChI=1S/C15H20N2/c1-12-3-2-4-15(12)11-17-10-14-7-5-13(9-16)6-8-14/h5-8,12,15,17H,2-4,10-11H2,1H3. The van der Waals surface area contributed by atoms with Gasteiger partial charge in [-0.2, -0.15) is 5.26 Å². The van der Waals surface area contributed by atoms with Crippen LogP contribution in [-0.4, -0.2) is 6.54 Å². The van der Waals surface area contributed by atoms with Gasteiger partial charge in [0.2, 0.25) is 0 Å². The van der Waals surface area contributed by atoms with Gasteiger partial charge in [-0.15, -0.1) is 0 Å². The maximum Gasteiger partial charge on any atom is 0.0991 e. The lowest BCUT2D eigenvalue weighted by molar-refractivity contribution is 0.392. The molecule has 1 N–H and O–H groups in total. The minimum Gasteiger partial charge on any atom is -0.312 e. The minimum atomic E-state index is 0.734. The van der Waals surface area contributed by atoms with E-state index in [0.717, 1.165) is 30.5 Å². The van der Waals surface area contributed by atoms with Crippen LogP contribution in [0.4, 0.5) is 0 Å². The third kappa shape index (κ3) is 3.31. The van der Waals surface area contributed by atoms with Crippen molar-refractivity contribution in [2.45, 2.75) is 32.7 Å².